The molecule has 8 aromatic carbocycles. The van der Waals surface area contributed by atoms with E-state index in [1.54, 1.807) is 0 Å². The fraction of sp³-hybridized carbons (Fsp3) is 0.167. The molecule has 0 unspecified atom stereocenters. The van der Waals surface area contributed by atoms with Gasteiger partial charge in [-0.1, -0.05) is 150 Å². The molecule has 8 aromatic rings. The van der Waals surface area contributed by atoms with Crippen LogP contribution in [0.2, 0.25) is 0 Å². The van der Waals surface area contributed by atoms with E-state index in [0.29, 0.717) is 0 Å². The Hall–Kier alpha value is -3.26. The van der Waals surface area contributed by atoms with Gasteiger partial charge >= 0.3 is 30.2 Å². The molecule has 0 aliphatic rings. The Balaban J connectivity index is 0.000000320. The van der Waals surface area contributed by atoms with Gasteiger partial charge in [-0.05, 0) is 43.5 Å². The van der Waals surface area contributed by atoms with Crippen molar-refractivity contribution in [1.82, 2.24) is 0 Å². The predicted molar refractivity (Wildman–Crippen MR) is 235 cm³/mol. The molecule has 0 aromatic heterocycles. The van der Waals surface area contributed by atoms with Gasteiger partial charge in [0.2, 0.25) is 0 Å². The molecule has 0 fully saturated rings. The Morgan fingerprint density at radius 1 is 0.404 bits per heavy atom. The SMILES string of the molecule is CC(C)(C)c1cc2c(-c3cccc4ccccc34)cccc2[cH-]1.CC(C)(C)c1cc2c(-c3cccc4ccccc34)cccc2[cH-]1.Cl.Cl.[CH3-].[CH3-].[Si]=[Zr]. The molecule has 2 radical (unpaired) electrons. The third-order valence-corrected chi connectivity index (χ3v) is 9.39. The van der Waals surface area contributed by atoms with E-state index in [-0.39, 0.29) is 50.5 Å². The van der Waals surface area contributed by atoms with Crippen molar-refractivity contribution >= 4 is 74.8 Å². The van der Waals surface area contributed by atoms with E-state index in [9.17, 15) is 0 Å². The number of benzene rings is 6. The number of rotatable bonds is 2. The van der Waals surface area contributed by atoms with E-state index in [1.165, 1.54) is 99.8 Å². The van der Waals surface area contributed by atoms with Crippen molar-refractivity contribution in [2.24, 2.45) is 0 Å². The summed E-state index contributed by atoms with van der Waals surface area (Å²) < 4.78 is 0. The van der Waals surface area contributed by atoms with Gasteiger partial charge in [0.1, 0.15) is 0 Å². The van der Waals surface area contributed by atoms with Crippen LogP contribution in [0.5, 0.6) is 0 Å². The van der Waals surface area contributed by atoms with Crippen LogP contribution < -0.4 is 0 Å². The minimum absolute atomic E-state index is 0. The predicted octanol–water partition coefficient (Wildman–Crippen LogP) is 14.7. The molecule has 0 saturated heterocycles. The summed E-state index contributed by atoms with van der Waals surface area (Å²) in [4.78, 5) is 0. The molecule has 0 saturated carbocycles. The molecule has 0 nitrogen and oxygen atoms in total. The molecule has 0 spiro atoms. The monoisotopic (exact) mass is 814 g/mol. The molecule has 0 N–H and O–H groups in total. The van der Waals surface area contributed by atoms with E-state index in [0.717, 1.165) is 0 Å². The zero-order valence-electron chi connectivity index (χ0n) is 31.7. The molecular weight excluding hydrogens is 767 g/mol. The molecule has 0 aliphatic heterocycles. The van der Waals surface area contributed by atoms with Crippen molar-refractivity contribution in [3.63, 3.8) is 0 Å². The summed E-state index contributed by atoms with van der Waals surface area (Å²) in [6, 6.07) is 53.1. The Morgan fingerprint density at radius 2 is 0.692 bits per heavy atom. The number of hydrogen-bond donors (Lipinski definition) is 0. The quantitative estimate of drug-likeness (QED) is 0.120. The number of fused-ring (bicyclic) bond motifs is 4. The maximum atomic E-state index is 3.06. The van der Waals surface area contributed by atoms with Crippen molar-refractivity contribution < 1.29 is 23.3 Å². The molecule has 0 aliphatic carbocycles. The van der Waals surface area contributed by atoms with Crippen LogP contribution in [0.15, 0.2) is 146 Å². The molecule has 52 heavy (non-hydrogen) atoms. The van der Waals surface area contributed by atoms with Gasteiger partial charge in [-0.2, -0.15) is 12.1 Å². The molecule has 8 rings (SSSR count). The second-order valence-corrected chi connectivity index (χ2v) is 14.7. The van der Waals surface area contributed by atoms with Crippen molar-refractivity contribution in [3.8, 4) is 22.3 Å². The van der Waals surface area contributed by atoms with Crippen LogP contribution in [0.1, 0.15) is 52.7 Å². The summed E-state index contributed by atoms with van der Waals surface area (Å²) in [6.45, 7) is 16.7. The Kier molecular flexibility index (Phi) is 16.1. The minimum atomic E-state index is 0. The summed E-state index contributed by atoms with van der Waals surface area (Å²) in [7, 11) is 0. The molecule has 0 atom stereocenters. The topological polar surface area (TPSA) is 0 Å². The van der Waals surface area contributed by atoms with Crippen LogP contribution in [0.3, 0.4) is 0 Å². The van der Waals surface area contributed by atoms with Gasteiger partial charge in [-0.3, -0.25) is 0 Å². The van der Waals surface area contributed by atoms with Crippen LogP contribution in [-0.4, -0.2) is 6.88 Å². The van der Waals surface area contributed by atoms with Crippen molar-refractivity contribution in [2.45, 2.75) is 52.4 Å². The van der Waals surface area contributed by atoms with E-state index in [1.807, 2.05) is 0 Å². The summed E-state index contributed by atoms with van der Waals surface area (Å²) in [5.74, 6) is 0. The number of hydrogen-bond acceptors (Lipinski definition) is 0. The fourth-order valence-corrected chi connectivity index (χ4v) is 6.73. The summed E-state index contributed by atoms with van der Waals surface area (Å²) >= 11 is 1.36. The van der Waals surface area contributed by atoms with Crippen LogP contribution in [0, 0.1) is 14.9 Å². The molecule has 0 amide bonds. The first kappa shape index (κ1) is 44.9. The third kappa shape index (κ3) is 9.26. The number of halogens is 2. The Labute approximate surface area is 341 Å². The van der Waals surface area contributed by atoms with Crippen molar-refractivity contribution in [3.05, 3.63) is 172 Å². The van der Waals surface area contributed by atoms with Gasteiger partial charge in [-0.25, -0.2) is 0 Å². The Morgan fingerprint density at radius 3 is 1.04 bits per heavy atom. The van der Waals surface area contributed by atoms with Crippen LogP contribution >= 0.6 is 24.8 Å². The third-order valence-electron chi connectivity index (χ3n) is 9.39. The molecule has 0 bridgehead atoms. The van der Waals surface area contributed by atoms with Gasteiger partial charge in [-0.15, -0.1) is 93.9 Å². The summed E-state index contributed by atoms with van der Waals surface area (Å²) in [5.41, 5.74) is 8.45. The fourth-order valence-electron chi connectivity index (χ4n) is 6.73. The van der Waals surface area contributed by atoms with Crippen molar-refractivity contribution in [1.29, 1.82) is 0 Å². The van der Waals surface area contributed by atoms with E-state index >= 15 is 0 Å². The van der Waals surface area contributed by atoms with Crippen LogP contribution in [-0.2, 0) is 34.2 Å². The molecule has 4 heteroatoms. The first-order valence-corrected chi connectivity index (χ1v) is 20.9. The average molecular weight is 817 g/mol. The first-order chi connectivity index (χ1) is 23.1. The van der Waals surface area contributed by atoms with Gasteiger partial charge in [0.25, 0.3) is 0 Å². The maximum absolute atomic E-state index is 3.06. The van der Waals surface area contributed by atoms with Crippen LogP contribution in [0.25, 0.3) is 65.3 Å². The van der Waals surface area contributed by atoms with Crippen molar-refractivity contribution in [2.75, 3.05) is 0 Å². The standard InChI is InChI=1S/2C23H21.2CH3.2ClH.Si.Zr/c2*1-23(2,3)18-14-17-10-7-13-21(22(17)15-18)20-12-6-9-16-8-4-5-11-19(16)20;;;;;;/h2*4-15H,1-3H3;2*1H3;2*1H;;/q4*-1;;;;. The second-order valence-electron chi connectivity index (χ2n) is 14.7. The van der Waals surface area contributed by atoms with Gasteiger partial charge < -0.3 is 14.9 Å². The second kappa shape index (κ2) is 18.7. The van der Waals surface area contributed by atoms with E-state index < -0.39 is 0 Å². The van der Waals surface area contributed by atoms with E-state index in [2.05, 4.69) is 194 Å². The molecule has 268 valence electrons. The van der Waals surface area contributed by atoms with Gasteiger partial charge in [0.05, 0.1) is 0 Å². The summed E-state index contributed by atoms with van der Waals surface area (Å²) in [6.07, 6.45) is 0. The molecular formula is C48H50Cl2SiZr-4. The Bertz CT molecular complexity index is 2190. The average Bonchev–Trinajstić information content (AvgIpc) is 3.75. The zero-order chi connectivity index (χ0) is 34.1. The molecule has 0 heterocycles. The first-order valence-electron chi connectivity index (χ1n) is 16.7. The van der Waals surface area contributed by atoms with Crippen LogP contribution in [0.4, 0.5) is 0 Å². The zero-order valence-corrected chi connectivity index (χ0v) is 36.8. The van der Waals surface area contributed by atoms with E-state index in [4.69, 9.17) is 0 Å². The normalized spacial score (nSPS) is 10.8. The van der Waals surface area contributed by atoms with Gasteiger partial charge in [0, 0.05) is 0 Å². The van der Waals surface area contributed by atoms with Gasteiger partial charge in [0.15, 0.2) is 0 Å². The summed E-state index contributed by atoms with van der Waals surface area (Å²) in [5, 5.41) is 10.6.